The van der Waals surface area contributed by atoms with E-state index in [0.29, 0.717) is 11.8 Å². The zero-order valence-electron chi connectivity index (χ0n) is 12.3. The van der Waals surface area contributed by atoms with Crippen LogP contribution in [0, 0.1) is 11.8 Å². The molecule has 0 aromatic heterocycles. The van der Waals surface area contributed by atoms with E-state index in [1.165, 1.54) is 0 Å². The largest absolute Gasteiger partial charge is 0.481 e. The number of likely N-dealkylation sites (tertiary alicyclic amines) is 1. The Bertz CT molecular complexity index is 371. The monoisotopic (exact) mass is 283 g/mol. The summed E-state index contributed by atoms with van der Waals surface area (Å²) in [7, 11) is 3.88. The number of carbonyl (C=O) groups is 2. The standard InChI is InChI=1S/C14H25N3O3/c1-16-6-5-10(8-16)9-17(2)14(20)15-12(7-13(18)19)11-3-4-11/h10-12H,3-9H2,1-2H3,(H,15,20)(H,18,19). The second-order valence-corrected chi connectivity index (χ2v) is 6.29. The van der Waals surface area contributed by atoms with Crippen molar-refractivity contribution in [2.45, 2.75) is 31.7 Å². The van der Waals surface area contributed by atoms with Crippen LogP contribution in [0.4, 0.5) is 4.79 Å². The lowest BCUT2D eigenvalue weighted by molar-refractivity contribution is -0.137. The first-order chi connectivity index (χ1) is 9.45. The van der Waals surface area contributed by atoms with E-state index in [4.69, 9.17) is 5.11 Å². The quantitative estimate of drug-likeness (QED) is 0.757. The molecule has 1 saturated carbocycles. The molecule has 2 aliphatic rings. The van der Waals surface area contributed by atoms with Gasteiger partial charge in [0.05, 0.1) is 6.42 Å². The highest BCUT2D eigenvalue weighted by atomic mass is 16.4. The number of aliphatic carboxylic acids is 1. The normalized spacial score (nSPS) is 24.4. The van der Waals surface area contributed by atoms with Crippen LogP contribution in [0.3, 0.4) is 0 Å². The predicted molar refractivity (Wildman–Crippen MR) is 75.5 cm³/mol. The van der Waals surface area contributed by atoms with E-state index in [1.54, 1.807) is 11.9 Å². The summed E-state index contributed by atoms with van der Waals surface area (Å²) in [6, 6.07) is -0.355. The van der Waals surface area contributed by atoms with Crippen molar-refractivity contribution in [3.8, 4) is 0 Å². The number of nitrogens with zero attached hydrogens (tertiary/aromatic N) is 2. The van der Waals surface area contributed by atoms with Crippen molar-refractivity contribution in [1.82, 2.24) is 15.1 Å². The zero-order valence-corrected chi connectivity index (χ0v) is 12.3. The Labute approximate surface area is 120 Å². The fourth-order valence-corrected chi connectivity index (χ4v) is 2.94. The molecule has 2 atom stereocenters. The molecule has 2 rings (SSSR count). The van der Waals surface area contributed by atoms with Crippen molar-refractivity contribution < 1.29 is 14.7 Å². The van der Waals surface area contributed by atoms with E-state index in [9.17, 15) is 9.59 Å². The molecule has 1 aliphatic carbocycles. The smallest absolute Gasteiger partial charge is 0.317 e. The molecule has 1 saturated heterocycles. The van der Waals surface area contributed by atoms with E-state index in [1.807, 2.05) is 0 Å². The SMILES string of the molecule is CN1CCC(CN(C)C(=O)NC(CC(=O)O)C2CC2)C1. The van der Waals surface area contributed by atoms with Crippen molar-refractivity contribution in [2.75, 3.05) is 33.7 Å². The van der Waals surface area contributed by atoms with Gasteiger partial charge in [-0.1, -0.05) is 0 Å². The molecule has 1 heterocycles. The molecule has 2 N–H and O–H groups in total. The molecule has 2 fully saturated rings. The average Bonchev–Trinajstić information content (AvgIpc) is 3.12. The van der Waals surface area contributed by atoms with E-state index >= 15 is 0 Å². The maximum Gasteiger partial charge on any atom is 0.317 e. The molecule has 6 nitrogen and oxygen atoms in total. The average molecular weight is 283 g/mol. The molecular formula is C14H25N3O3. The van der Waals surface area contributed by atoms with Crippen LogP contribution in [-0.2, 0) is 4.79 Å². The predicted octanol–water partition coefficient (Wildman–Crippen LogP) is 0.833. The van der Waals surface area contributed by atoms with Crippen molar-refractivity contribution in [2.24, 2.45) is 11.8 Å². The van der Waals surface area contributed by atoms with Gasteiger partial charge in [-0.05, 0) is 44.7 Å². The number of hydrogen-bond acceptors (Lipinski definition) is 3. The number of carboxylic acids is 1. The third-order valence-corrected chi connectivity index (χ3v) is 4.26. The van der Waals surface area contributed by atoms with E-state index < -0.39 is 5.97 Å². The van der Waals surface area contributed by atoms with Gasteiger partial charge in [0, 0.05) is 26.2 Å². The number of carbonyl (C=O) groups excluding carboxylic acids is 1. The first-order valence-corrected chi connectivity index (χ1v) is 7.37. The molecule has 0 bridgehead atoms. The Morgan fingerprint density at radius 3 is 2.60 bits per heavy atom. The van der Waals surface area contributed by atoms with Gasteiger partial charge in [0.25, 0.3) is 0 Å². The maximum atomic E-state index is 12.1. The Balaban J connectivity index is 1.78. The highest BCUT2D eigenvalue weighted by molar-refractivity contribution is 5.75. The summed E-state index contributed by atoms with van der Waals surface area (Å²) in [4.78, 5) is 26.9. The van der Waals surface area contributed by atoms with Gasteiger partial charge in [0.15, 0.2) is 0 Å². The molecule has 6 heteroatoms. The maximum absolute atomic E-state index is 12.1. The Morgan fingerprint density at radius 1 is 1.40 bits per heavy atom. The zero-order chi connectivity index (χ0) is 14.7. The van der Waals surface area contributed by atoms with Gasteiger partial charge in [-0.3, -0.25) is 4.79 Å². The summed E-state index contributed by atoms with van der Waals surface area (Å²) in [6.45, 7) is 2.85. The minimum atomic E-state index is -0.845. The lowest BCUT2D eigenvalue weighted by Crippen LogP contribution is -2.46. The van der Waals surface area contributed by atoms with E-state index in [-0.39, 0.29) is 18.5 Å². The Morgan fingerprint density at radius 2 is 2.10 bits per heavy atom. The van der Waals surface area contributed by atoms with Gasteiger partial charge in [-0.15, -0.1) is 0 Å². The summed E-state index contributed by atoms with van der Waals surface area (Å²) >= 11 is 0. The number of hydrogen-bond donors (Lipinski definition) is 2. The second kappa shape index (κ2) is 6.43. The van der Waals surface area contributed by atoms with Crippen LogP contribution in [0.1, 0.15) is 25.7 Å². The molecule has 0 spiro atoms. The number of amides is 2. The third-order valence-electron chi connectivity index (χ3n) is 4.26. The van der Waals surface area contributed by atoms with Crippen LogP contribution in [0.25, 0.3) is 0 Å². The van der Waals surface area contributed by atoms with Gasteiger partial charge in [0.1, 0.15) is 0 Å². The third kappa shape index (κ3) is 4.37. The molecule has 114 valence electrons. The number of rotatable bonds is 6. The van der Waals surface area contributed by atoms with Gasteiger partial charge >= 0.3 is 12.0 Å². The highest BCUT2D eigenvalue weighted by Crippen LogP contribution is 2.34. The fourth-order valence-electron chi connectivity index (χ4n) is 2.94. The Kier molecular flexibility index (Phi) is 4.86. The molecule has 0 aromatic carbocycles. The first-order valence-electron chi connectivity index (χ1n) is 7.37. The van der Waals surface area contributed by atoms with E-state index in [0.717, 1.165) is 38.9 Å². The van der Waals surface area contributed by atoms with Crippen molar-refractivity contribution >= 4 is 12.0 Å². The summed E-state index contributed by atoms with van der Waals surface area (Å²) < 4.78 is 0. The van der Waals surface area contributed by atoms with Crippen LogP contribution in [-0.4, -0.2) is 66.7 Å². The molecule has 20 heavy (non-hydrogen) atoms. The molecule has 2 unspecified atom stereocenters. The van der Waals surface area contributed by atoms with Crippen LogP contribution in [0.5, 0.6) is 0 Å². The van der Waals surface area contributed by atoms with E-state index in [2.05, 4.69) is 17.3 Å². The molecule has 0 aromatic rings. The van der Waals surface area contributed by atoms with Crippen molar-refractivity contribution in [1.29, 1.82) is 0 Å². The summed E-state index contributed by atoms with van der Waals surface area (Å²) in [5.74, 6) is 0.0259. The van der Waals surface area contributed by atoms with Crippen LogP contribution >= 0.6 is 0 Å². The number of carboxylic acid groups (broad SMARTS) is 1. The molecule has 0 radical (unpaired) electrons. The van der Waals surface area contributed by atoms with Crippen molar-refractivity contribution in [3.63, 3.8) is 0 Å². The minimum Gasteiger partial charge on any atom is -0.481 e. The summed E-state index contributed by atoms with van der Waals surface area (Å²) in [5, 5.41) is 11.8. The molecular weight excluding hydrogens is 258 g/mol. The first kappa shape index (κ1) is 15.1. The lowest BCUT2D eigenvalue weighted by atomic mass is 10.1. The van der Waals surface area contributed by atoms with Gasteiger partial charge < -0.3 is 20.2 Å². The molecule has 2 amide bonds. The van der Waals surface area contributed by atoms with Crippen molar-refractivity contribution in [3.05, 3.63) is 0 Å². The number of urea groups is 1. The molecule has 1 aliphatic heterocycles. The van der Waals surface area contributed by atoms with Gasteiger partial charge in [-0.2, -0.15) is 0 Å². The fraction of sp³-hybridized carbons (Fsp3) is 0.857. The van der Waals surface area contributed by atoms with Crippen LogP contribution in [0.2, 0.25) is 0 Å². The highest BCUT2D eigenvalue weighted by Gasteiger charge is 2.34. The second-order valence-electron chi connectivity index (χ2n) is 6.29. The number of nitrogens with one attached hydrogen (secondary N) is 1. The Hall–Kier alpha value is -1.30. The minimum absolute atomic E-state index is 0.0242. The van der Waals surface area contributed by atoms with Crippen LogP contribution in [0.15, 0.2) is 0 Å². The van der Waals surface area contributed by atoms with Gasteiger partial charge in [-0.25, -0.2) is 4.79 Å². The lowest BCUT2D eigenvalue weighted by Gasteiger charge is -2.25. The van der Waals surface area contributed by atoms with Gasteiger partial charge in [0.2, 0.25) is 0 Å². The summed E-state index contributed by atoms with van der Waals surface area (Å²) in [6.07, 6.45) is 3.19. The summed E-state index contributed by atoms with van der Waals surface area (Å²) in [5.41, 5.74) is 0. The van der Waals surface area contributed by atoms with Crippen LogP contribution < -0.4 is 5.32 Å². The topological polar surface area (TPSA) is 72.9 Å².